The fourth-order valence-electron chi connectivity index (χ4n) is 8.32. The number of piperidine rings is 1. The molecule has 0 radical (unpaired) electrons. The molecule has 5 N–H and O–H groups in total. The Morgan fingerprint density at radius 2 is 1.60 bits per heavy atom. The van der Waals surface area contributed by atoms with Gasteiger partial charge in [-0.25, -0.2) is 9.78 Å². The molecular weight excluding hydrogens is 763 g/mol. The molecule has 5 aromatic rings. The molecule has 1 saturated carbocycles. The smallest absolute Gasteiger partial charge is 0.329 e. The third kappa shape index (κ3) is 10.7. The maximum Gasteiger partial charge on any atom is 0.329 e. The molecule has 4 heterocycles. The lowest BCUT2D eigenvalue weighted by Crippen LogP contribution is -2.44. The number of hydrogen-bond acceptors (Lipinski definition) is 11. The fourth-order valence-corrected chi connectivity index (χ4v) is 8.32. The molecule has 2 amide bonds. The number of carbonyl (C=O) groups excluding carboxylic acids is 2. The van der Waals surface area contributed by atoms with Gasteiger partial charge >= 0.3 is 5.69 Å². The van der Waals surface area contributed by atoms with Gasteiger partial charge in [-0.1, -0.05) is 37.3 Å². The minimum absolute atomic E-state index is 0.202. The normalized spacial score (nSPS) is 18.4. The molecule has 0 unspecified atom stereocenters. The lowest BCUT2D eigenvalue weighted by Gasteiger charge is -2.27. The largest absolute Gasteiger partial charge is 0.393 e. The number of amides is 2. The summed E-state index contributed by atoms with van der Waals surface area (Å²) in [5.74, 6) is -0.0655. The van der Waals surface area contributed by atoms with Crippen molar-refractivity contribution in [2.24, 2.45) is 7.05 Å². The number of nitrogens with zero attached hydrogens (tertiary/aromatic N) is 5. The van der Waals surface area contributed by atoms with E-state index in [-0.39, 0.29) is 24.1 Å². The molecule has 7 rings (SSSR count). The zero-order valence-electron chi connectivity index (χ0n) is 35.1. The zero-order chi connectivity index (χ0) is 41.8. The maximum absolute atomic E-state index is 13.0. The monoisotopic (exact) mass is 823 g/mol. The number of carbonyl (C=O) groups is 2. The van der Waals surface area contributed by atoms with Gasteiger partial charge in [0.1, 0.15) is 11.7 Å². The van der Waals surface area contributed by atoms with E-state index in [1.54, 1.807) is 11.6 Å². The second-order valence-corrected chi connectivity index (χ2v) is 16.1. The van der Waals surface area contributed by atoms with Crippen LogP contribution < -0.4 is 27.0 Å². The Hall–Kier alpha value is -4.93. The van der Waals surface area contributed by atoms with Crippen LogP contribution in [-0.4, -0.2) is 99.3 Å². The van der Waals surface area contributed by atoms with Gasteiger partial charge in [-0.2, -0.15) is 4.98 Å². The van der Waals surface area contributed by atoms with Gasteiger partial charge in [0.05, 0.1) is 23.7 Å². The van der Waals surface area contributed by atoms with Crippen LogP contribution in [0.5, 0.6) is 0 Å². The van der Waals surface area contributed by atoms with Crippen LogP contribution in [0.4, 0.5) is 5.95 Å². The zero-order valence-corrected chi connectivity index (χ0v) is 35.1. The summed E-state index contributed by atoms with van der Waals surface area (Å²) in [5, 5.41) is 23.8. The highest BCUT2D eigenvalue weighted by Gasteiger charge is 2.31. The van der Waals surface area contributed by atoms with E-state index in [0.29, 0.717) is 50.4 Å². The number of imidazole rings is 1. The molecule has 0 spiro atoms. The predicted molar refractivity (Wildman–Crippen MR) is 233 cm³/mol. The molecule has 1 aliphatic carbocycles. The van der Waals surface area contributed by atoms with E-state index in [0.717, 1.165) is 117 Å². The van der Waals surface area contributed by atoms with Crippen molar-refractivity contribution in [3.63, 3.8) is 0 Å². The van der Waals surface area contributed by atoms with Gasteiger partial charge in [0.2, 0.25) is 17.8 Å². The first kappa shape index (κ1) is 43.2. The van der Waals surface area contributed by atoms with Gasteiger partial charge in [0.25, 0.3) is 0 Å². The van der Waals surface area contributed by atoms with E-state index in [2.05, 4.69) is 68.2 Å². The van der Waals surface area contributed by atoms with E-state index < -0.39 is 11.9 Å². The first-order chi connectivity index (χ1) is 29.3. The van der Waals surface area contributed by atoms with Crippen molar-refractivity contribution in [1.82, 2.24) is 39.6 Å². The average molecular weight is 824 g/mol. The summed E-state index contributed by atoms with van der Waals surface area (Å²) in [6.45, 7) is 8.83. The van der Waals surface area contributed by atoms with Gasteiger partial charge in [-0.3, -0.25) is 24.0 Å². The number of anilines is 1. The van der Waals surface area contributed by atoms with E-state index >= 15 is 0 Å². The number of aryl methyl sites for hydroxylation is 2. The van der Waals surface area contributed by atoms with Gasteiger partial charge in [0.15, 0.2) is 0 Å². The lowest BCUT2D eigenvalue weighted by atomic mass is 9.93. The molecule has 60 heavy (non-hydrogen) atoms. The van der Waals surface area contributed by atoms with Crippen molar-refractivity contribution in [2.45, 2.75) is 95.9 Å². The number of aliphatic hydroxyl groups excluding tert-OH is 1. The van der Waals surface area contributed by atoms with Crippen LogP contribution >= 0.6 is 0 Å². The number of fused-ring (bicyclic) bond motifs is 2. The van der Waals surface area contributed by atoms with Crippen LogP contribution in [0.15, 0.2) is 59.7 Å². The number of hydrogen-bond donors (Lipinski definition) is 5. The number of rotatable bonds is 22. The SMILES string of the molecule is CCCNc1ncc2c(-c3ccc(CNCCNCCOCCCOCCCc4ccc5c(c4)n(C)c(=O)n5[C@H]4CCC(=O)NC4=O)cc3)cn(C3CCC(O)CC3)c2n1. The standard InChI is InChI=1S/C45H61N9O6/c1-3-19-48-44-49-29-36-37(30-53(42(36)51-44)34-12-14-35(55)15-13-34)33-10-7-32(8-11-33)28-47-21-20-46-22-26-60-25-5-24-59-23-4-6-31-9-16-38-40(27-31)52(2)45(58)54(38)39-17-18-41(56)50-43(39)57/h7-11,16,27,29-30,34-35,39,46-47,55H,3-6,12-15,17-26,28H2,1-2H3,(H,48,49,51)(H,50,56,57)/t34?,35?,39-/m0/s1. The average Bonchev–Trinajstić information content (AvgIpc) is 3.75. The molecule has 3 aromatic heterocycles. The van der Waals surface area contributed by atoms with Crippen molar-refractivity contribution in [3.8, 4) is 11.1 Å². The summed E-state index contributed by atoms with van der Waals surface area (Å²) in [7, 11) is 1.71. The number of imide groups is 1. The topological polar surface area (TPSA) is 179 Å². The number of ether oxygens (including phenoxy) is 2. The van der Waals surface area contributed by atoms with Crippen LogP contribution in [0.2, 0.25) is 0 Å². The molecule has 2 aliphatic rings. The van der Waals surface area contributed by atoms with Crippen LogP contribution in [0.1, 0.15) is 87.9 Å². The highest BCUT2D eigenvalue weighted by atomic mass is 16.5. The Bertz CT molecular complexity index is 2260. The Morgan fingerprint density at radius 1 is 0.850 bits per heavy atom. The van der Waals surface area contributed by atoms with Crippen LogP contribution in [0, 0.1) is 0 Å². The highest BCUT2D eigenvalue weighted by molar-refractivity contribution is 6.00. The van der Waals surface area contributed by atoms with Gasteiger partial charge in [0, 0.05) is 95.4 Å². The molecule has 15 heteroatoms. The van der Waals surface area contributed by atoms with E-state index in [9.17, 15) is 19.5 Å². The number of benzene rings is 2. The number of aromatic nitrogens is 5. The summed E-state index contributed by atoms with van der Waals surface area (Å²) in [5.41, 5.74) is 6.77. The van der Waals surface area contributed by atoms with Gasteiger partial charge < -0.3 is 35.1 Å². The number of nitrogens with one attached hydrogen (secondary N) is 4. The first-order valence-electron chi connectivity index (χ1n) is 21.8. The van der Waals surface area contributed by atoms with Crippen LogP contribution in [-0.2, 0) is 39.1 Å². The second-order valence-electron chi connectivity index (χ2n) is 16.1. The Balaban J connectivity index is 0.744. The van der Waals surface area contributed by atoms with E-state index in [1.165, 1.54) is 10.1 Å². The first-order valence-corrected chi connectivity index (χ1v) is 21.8. The molecule has 0 bridgehead atoms. The molecule has 1 aliphatic heterocycles. The van der Waals surface area contributed by atoms with Crippen molar-refractivity contribution < 1.29 is 24.2 Å². The van der Waals surface area contributed by atoms with Crippen molar-refractivity contribution in [2.75, 3.05) is 57.9 Å². The van der Waals surface area contributed by atoms with Crippen molar-refractivity contribution >= 4 is 39.8 Å². The highest BCUT2D eigenvalue weighted by Crippen LogP contribution is 2.37. The second kappa shape index (κ2) is 21.0. The molecular formula is C45H61N9O6. The van der Waals surface area contributed by atoms with E-state index in [1.807, 2.05) is 24.4 Å². The summed E-state index contributed by atoms with van der Waals surface area (Å²) < 4.78 is 17.0. The van der Waals surface area contributed by atoms with Gasteiger partial charge in [-0.05, 0) is 86.6 Å². The minimum Gasteiger partial charge on any atom is -0.393 e. The summed E-state index contributed by atoms with van der Waals surface area (Å²) in [4.78, 5) is 46.6. The van der Waals surface area contributed by atoms with Crippen molar-refractivity contribution in [1.29, 1.82) is 0 Å². The molecule has 15 nitrogen and oxygen atoms in total. The third-order valence-corrected chi connectivity index (χ3v) is 11.7. The van der Waals surface area contributed by atoms with Crippen LogP contribution in [0.25, 0.3) is 33.2 Å². The minimum atomic E-state index is -0.681. The Kier molecular flexibility index (Phi) is 15.1. The fraction of sp³-hybridized carbons (Fsp3) is 0.533. The van der Waals surface area contributed by atoms with Gasteiger partial charge in [-0.15, -0.1) is 0 Å². The molecule has 2 aromatic carbocycles. The molecule has 1 atom stereocenters. The van der Waals surface area contributed by atoms with Crippen LogP contribution in [0.3, 0.4) is 0 Å². The molecule has 2 fully saturated rings. The predicted octanol–water partition coefficient (Wildman–Crippen LogP) is 4.76. The molecule has 322 valence electrons. The maximum atomic E-state index is 13.0. The number of aliphatic hydroxyl groups is 1. The lowest BCUT2D eigenvalue weighted by molar-refractivity contribution is -0.135. The summed E-state index contributed by atoms with van der Waals surface area (Å²) in [6, 6.07) is 14.3. The Morgan fingerprint density at radius 3 is 2.38 bits per heavy atom. The van der Waals surface area contributed by atoms with E-state index in [4.69, 9.17) is 14.5 Å². The Labute approximate surface area is 351 Å². The van der Waals surface area contributed by atoms with Crippen molar-refractivity contribution in [3.05, 3.63) is 76.5 Å². The third-order valence-electron chi connectivity index (χ3n) is 11.7. The molecule has 1 saturated heterocycles. The summed E-state index contributed by atoms with van der Waals surface area (Å²) >= 11 is 0. The quantitative estimate of drug-likeness (QED) is 0.0480. The summed E-state index contributed by atoms with van der Waals surface area (Å²) in [6.07, 6.45) is 11.5.